The van der Waals surface area contributed by atoms with Gasteiger partial charge in [-0.2, -0.15) is 0 Å². The van der Waals surface area contributed by atoms with E-state index in [9.17, 15) is 4.79 Å². The quantitative estimate of drug-likeness (QED) is 0.513. The molecule has 1 aromatic rings. The molecule has 0 radical (unpaired) electrons. The molecule has 0 aliphatic heterocycles. The molecule has 2 N–H and O–H groups in total. The minimum absolute atomic E-state index is 0.146. The van der Waals surface area contributed by atoms with E-state index in [4.69, 9.17) is 17.3 Å². The van der Waals surface area contributed by atoms with E-state index in [1.54, 1.807) is 23.9 Å². The minimum atomic E-state index is -0.207. The van der Waals surface area contributed by atoms with Gasteiger partial charge in [-0.05, 0) is 18.2 Å². The molecule has 0 amide bonds. The van der Waals surface area contributed by atoms with Crippen LogP contribution in [0.5, 0.6) is 0 Å². The minimum Gasteiger partial charge on any atom is -0.469 e. The highest BCUT2D eigenvalue weighted by atomic mass is 35.5. The van der Waals surface area contributed by atoms with Crippen LogP contribution in [0.2, 0.25) is 5.02 Å². The first kappa shape index (κ1) is 13.2. The molecule has 88 valence electrons. The predicted octanol–water partition coefficient (Wildman–Crippen LogP) is 2.97. The fraction of sp³-hybridized carbons (Fsp3) is 0.364. The molecular formula is C11H14ClNO2S. The van der Waals surface area contributed by atoms with Crippen molar-refractivity contribution >= 4 is 35.0 Å². The summed E-state index contributed by atoms with van der Waals surface area (Å²) in [5, 5.41) is 0.683. The summed E-state index contributed by atoms with van der Waals surface area (Å²) in [5.41, 5.74) is 6.17. The number of carbonyl (C=O) groups excluding carboxylic acids is 1. The van der Waals surface area contributed by atoms with Crippen LogP contribution in [0.25, 0.3) is 0 Å². The second-order valence-corrected chi connectivity index (χ2v) is 5.31. The van der Waals surface area contributed by atoms with Crippen LogP contribution < -0.4 is 5.73 Å². The summed E-state index contributed by atoms with van der Waals surface area (Å²) in [5.74, 6) is -0.207. The number of carbonyl (C=O) groups is 1. The number of halogens is 1. The van der Waals surface area contributed by atoms with Crippen LogP contribution in [0.3, 0.4) is 0 Å². The lowest BCUT2D eigenvalue weighted by molar-refractivity contribution is -0.140. The van der Waals surface area contributed by atoms with Gasteiger partial charge in [0.05, 0.1) is 24.2 Å². The molecule has 0 saturated carbocycles. The second kappa shape index (κ2) is 6.01. The van der Waals surface area contributed by atoms with E-state index in [0.717, 1.165) is 4.90 Å². The summed E-state index contributed by atoms with van der Waals surface area (Å²) in [6.07, 6.45) is 0.378. The first-order valence-corrected chi connectivity index (χ1v) is 6.07. The van der Waals surface area contributed by atoms with Crippen molar-refractivity contribution in [2.24, 2.45) is 0 Å². The number of methoxy groups -OCH3 is 1. The predicted molar refractivity (Wildman–Crippen MR) is 67.8 cm³/mol. The number of hydrogen-bond acceptors (Lipinski definition) is 4. The number of nitrogen functional groups attached to an aromatic ring is 1. The molecule has 0 aromatic heterocycles. The molecule has 0 fully saturated rings. The van der Waals surface area contributed by atoms with E-state index in [2.05, 4.69) is 4.74 Å². The van der Waals surface area contributed by atoms with Crippen molar-refractivity contribution in [1.82, 2.24) is 0 Å². The molecule has 0 aliphatic rings. The zero-order valence-electron chi connectivity index (χ0n) is 9.20. The van der Waals surface area contributed by atoms with Gasteiger partial charge in [0, 0.05) is 10.1 Å². The molecule has 5 heteroatoms. The van der Waals surface area contributed by atoms with Crippen LogP contribution in [0.15, 0.2) is 23.1 Å². The lowest BCUT2D eigenvalue weighted by Crippen LogP contribution is -2.08. The highest BCUT2D eigenvalue weighted by Gasteiger charge is 2.11. The van der Waals surface area contributed by atoms with Crippen LogP contribution in [0.1, 0.15) is 13.3 Å². The van der Waals surface area contributed by atoms with Crippen molar-refractivity contribution in [3.63, 3.8) is 0 Å². The fourth-order valence-electron chi connectivity index (χ4n) is 1.17. The van der Waals surface area contributed by atoms with Gasteiger partial charge >= 0.3 is 5.97 Å². The molecule has 0 heterocycles. The summed E-state index contributed by atoms with van der Waals surface area (Å²) in [7, 11) is 1.39. The lowest BCUT2D eigenvalue weighted by Gasteiger charge is -2.10. The fourth-order valence-corrected chi connectivity index (χ4v) is 2.43. The second-order valence-electron chi connectivity index (χ2n) is 3.39. The van der Waals surface area contributed by atoms with E-state index in [0.29, 0.717) is 17.1 Å². The van der Waals surface area contributed by atoms with Gasteiger partial charge in [0.25, 0.3) is 0 Å². The van der Waals surface area contributed by atoms with E-state index >= 15 is 0 Å². The van der Waals surface area contributed by atoms with Crippen molar-refractivity contribution in [3.8, 4) is 0 Å². The SMILES string of the molecule is COC(=O)CC(C)Sc1ccc(N)c(Cl)c1. The van der Waals surface area contributed by atoms with E-state index in [1.807, 2.05) is 13.0 Å². The average Bonchev–Trinajstić information content (AvgIpc) is 2.23. The van der Waals surface area contributed by atoms with Crippen molar-refractivity contribution in [3.05, 3.63) is 23.2 Å². The van der Waals surface area contributed by atoms with Gasteiger partial charge in [-0.3, -0.25) is 4.79 Å². The number of nitrogens with two attached hydrogens (primary N) is 1. The number of ether oxygens (including phenoxy) is 1. The van der Waals surface area contributed by atoms with Crippen LogP contribution in [0.4, 0.5) is 5.69 Å². The highest BCUT2D eigenvalue weighted by molar-refractivity contribution is 8.00. The van der Waals surface area contributed by atoms with Gasteiger partial charge in [-0.15, -0.1) is 11.8 Å². The van der Waals surface area contributed by atoms with Crippen molar-refractivity contribution in [1.29, 1.82) is 0 Å². The monoisotopic (exact) mass is 259 g/mol. The Morgan fingerprint density at radius 3 is 2.88 bits per heavy atom. The third kappa shape index (κ3) is 3.94. The van der Waals surface area contributed by atoms with Crippen LogP contribution in [0, 0.1) is 0 Å². The smallest absolute Gasteiger partial charge is 0.306 e. The van der Waals surface area contributed by atoms with Gasteiger partial charge in [-0.1, -0.05) is 18.5 Å². The Bertz CT molecular complexity index is 384. The van der Waals surface area contributed by atoms with Crippen molar-refractivity contribution in [2.45, 2.75) is 23.5 Å². The Balaban J connectivity index is 2.59. The van der Waals surface area contributed by atoms with E-state index < -0.39 is 0 Å². The van der Waals surface area contributed by atoms with Gasteiger partial charge in [0.15, 0.2) is 0 Å². The Labute approximate surface area is 104 Å². The summed E-state index contributed by atoms with van der Waals surface area (Å²) in [6.45, 7) is 1.96. The summed E-state index contributed by atoms with van der Waals surface area (Å²) in [6, 6.07) is 5.45. The van der Waals surface area contributed by atoms with Gasteiger partial charge in [0.1, 0.15) is 0 Å². The van der Waals surface area contributed by atoms with Gasteiger partial charge < -0.3 is 10.5 Å². The third-order valence-electron chi connectivity index (χ3n) is 1.99. The number of esters is 1. The first-order valence-electron chi connectivity index (χ1n) is 4.81. The first-order chi connectivity index (χ1) is 7.52. The normalized spacial score (nSPS) is 12.2. The molecule has 1 atom stereocenters. The maximum atomic E-state index is 11.1. The molecule has 1 rings (SSSR count). The van der Waals surface area contributed by atoms with Crippen molar-refractivity contribution in [2.75, 3.05) is 12.8 Å². The molecule has 0 aliphatic carbocycles. The summed E-state index contributed by atoms with van der Waals surface area (Å²) < 4.78 is 4.60. The van der Waals surface area contributed by atoms with Crippen LogP contribution in [-0.2, 0) is 9.53 Å². The molecular weight excluding hydrogens is 246 g/mol. The number of benzene rings is 1. The van der Waals surface area contributed by atoms with Gasteiger partial charge in [-0.25, -0.2) is 0 Å². The summed E-state index contributed by atoms with van der Waals surface area (Å²) >= 11 is 7.47. The Morgan fingerprint density at radius 2 is 2.31 bits per heavy atom. The zero-order valence-corrected chi connectivity index (χ0v) is 10.8. The summed E-state index contributed by atoms with van der Waals surface area (Å²) in [4.78, 5) is 12.0. The molecule has 0 saturated heterocycles. The average molecular weight is 260 g/mol. The lowest BCUT2D eigenvalue weighted by atomic mass is 10.3. The number of thioether (sulfide) groups is 1. The third-order valence-corrected chi connectivity index (χ3v) is 3.41. The topological polar surface area (TPSA) is 52.3 Å². The Morgan fingerprint density at radius 1 is 1.62 bits per heavy atom. The largest absolute Gasteiger partial charge is 0.469 e. The number of hydrogen-bond donors (Lipinski definition) is 1. The molecule has 3 nitrogen and oxygen atoms in total. The molecule has 0 bridgehead atoms. The molecule has 1 unspecified atom stereocenters. The number of anilines is 1. The van der Waals surface area contributed by atoms with Crippen LogP contribution in [-0.4, -0.2) is 18.3 Å². The maximum absolute atomic E-state index is 11.1. The maximum Gasteiger partial charge on any atom is 0.306 e. The number of rotatable bonds is 4. The highest BCUT2D eigenvalue weighted by Crippen LogP contribution is 2.30. The van der Waals surface area contributed by atoms with Gasteiger partial charge in [0.2, 0.25) is 0 Å². The molecule has 16 heavy (non-hydrogen) atoms. The zero-order chi connectivity index (χ0) is 12.1. The Kier molecular flexibility index (Phi) is 4.96. The molecule has 1 aromatic carbocycles. The van der Waals surface area contributed by atoms with Crippen LogP contribution >= 0.6 is 23.4 Å². The van der Waals surface area contributed by atoms with E-state index in [1.165, 1.54) is 7.11 Å². The van der Waals surface area contributed by atoms with E-state index in [-0.39, 0.29) is 11.2 Å². The Hall–Kier alpha value is -0.870. The molecule has 0 spiro atoms. The standard InChI is InChI=1S/C11H14ClNO2S/c1-7(5-11(14)15-2)16-8-3-4-10(13)9(12)6-8/h3-4,6-7H,5,13H2,1-2H3. The van der Waals surface area contributed by atoms with Crippen molar-refractivity contribution < 1.29 is 9.53 Å².